The lowest BCUT2D eigenvalue weighted by Gasteiger charge is -2.55. The van der Waals surface area contributed by atoms with Crippen LogP contribution in [0.25, 0.3) is 0 Å². The van der Waals surface area contributed by atoms with Crippen LogP contribution in [0.3, 0.4) is 0 Å². The van der Waals surface area contributed by atoms with Crippen LogP contribution in [0.2, 0.25) is 0 Å². The quantitative estimate of drug-likeness (QED) is 0.690. The number of fused-ring (bicyclic) bond motifs is 6. The van der Waals surface area contributed by atoms with Crippen LogP contribution in [-0.2, 0) is 4.74 Å². The Morgan fingerprint density at radius 3 is 2.81 bits per heavy atom. The minimum absolute atomic E-state index is 0.0421. The number of ether oxygens (including phenoxy) is 1. The van der Waals surface area contributed by atoms with Gasteiger partial charge in [-0.2, -0.15) is 0 Å². The van der Waals surface area contributed by atoms with E-state index in [2.05, 4.69) is 32.9 Å². The zero-order chi connectivity index (χ0) is 11.5. The first-order valence-electron chi connectivity index (χ1n) is 6.56. The first-order valence-corrected chi connectivity index (χ1v) is 6.56. The van der Waals surface area contributed by atoms with Crippen molar-refractivity contribution >= 4 is 0 Å². The van der Waals surface area contributed by atoms with Gasteiger partial charge in [-0.1, -0.05) is 32.9 Å². The van der Waals surface area contributed by atoms with E-state index in [1.54, 1.807) is 0 Å². The van der Waals surface area contributed by atoms with Gasteiger partial charge < -0.3 is 9.84 Å². The Kier molecular flexibility index (Phi) is 2.25. The van der Waals surface area contributed by atoms with E-state index in [-0.39, 0.29) is 23.7 Å². The Hall–Kier alpha value is -0.340. The monoisotopic (exact) mass is 222 g/mol. The van der Waals surface area contributed by atoms with Crippen LogP contribution in [-0.4, -0.2) is 23.4 Å². The molecule has 0 aromatic carbocycles. The molecule has 2 fully saturated rings. The van der Waals surface area contributed by atoms with Gasteiger partial charge in [-0.25, -0.2) is 0 Å². The number of aliphatic hydroxyl groups is 1. The second-order valence-electron chi connectivity index (χ2n) is 6.38. The zero-order valence-electron chi connectivity index (χ0n) is 10.4. The largest absolute Gasteiger partial charge is 0.392 e. The van der Waals surface area contributed by atoms with E-state index in [1.807, 2.05) is 0 Å². The first kappa shape index (κ1) is 10.8. The molecule has 3 rings (SSSR count). The molecule has 0 aromatic rings. The van der Waals surface area contributed by atoms with Crippen LogP contribution in [0.5, 0.6) is 0 Å². The van der Waals surface area contributed by atoms with Gasteiger partial charge in [-0.3, -0.25) is 0 Å². The molecular formula is C14H22O2. The molecule has 0 spiro atoms. The molecule has 6 atom stereocenters. The molecule has 2 heterocycles. The summed E-state index contributed by atoms with van der Waals surface area (Å²) in [5.74, 6) is 1.56. The Morgan fingerprint density at radius 2 is 2.12 bits per heavy atom. The van der Waals surface area contributed by atoms with Gasteiger partial charge in [0.2, 0.25) is 0 Å². The van der Waals surface area contributed by atoms with Crippen molar-refractivity contribution in [2.45, 2.75) is 51.9 Å². The van der Waals surface area contributed by atoms with Gasteiger partial charge in [0.05, 0.1) is 18.3 Å². The highest BCUT2D eigenvalue weighted by Gasteiger charge is 2.58. The summed E-state index contributed by atoms with van der Waals surface area (Å²) >= 11 is 0. The summed E-state index contributed by atoms with van der Waals surface area (Å²) in [7, 11) is 0. The third-order valence-corrected chi connectivity index (χ3v) is 5.22. The molecule has 1 unspecified atom stereocenters. The van der Waals surface area contributed by atoms with Crippen molar-refractivity contribution in [2.75, 3.05) is 0 Å². The molecular weight excluding hydrogens is 200 g/mol. The number of hydrogen-bond acceptors (Lipinski definition) is 2. The molecule has 1 aliphatic carbocycles. The molecule has 0 aromatic heterocycles. The smallest absolute Gasteiger partial charge is 0.0843 e. The average molecular weight is 222 g/mol. The highest BCUT2D eigenvalue weighted by Crippen LogP contribution is 2.55. The Balaban J connectivity index is 1.98. The Labute approximate surface area is 97.7 Å². The molecule has 0 radical (unpaired) electrons. The predicted octanol–water partition coefficient (Wildman–Crippen LogP) is 2.37. The maximum atomic E-state index is 10.6. The van der Waals surface area contributed by atoms with Crippen molar-refractivity contribution in [1.82, 2.24) is 0 Å². The van der Waals surface area contributed by atoms with Crippen molar-refractivity contribution in [3.63, 3.8) is 0 Å². The maximum absolute atomic E-state index is 10.6. The van der Waals surface area contributed by atoms with E-state index in [1.165, 1.54) is 6.42 Å². The Bertz CT molecular complexity index is 323. The number of hydrogen-bond donors (Lipinski definition) is 1. The van der Waals surface area contributed by atoms with Crippen LogP contribution in [0, 0.1) is 23.2 Å². The summed E-state index contributed by atoms with van der Waals surface area (Å²) in [6, 6.07) is 0. The molecule has 1 N–H and O–H groups in total. The van der Waals surface area contributed by atoms with Crippen molar-refractivity contribution < 1.29 is 9.84 Å². The third kappa shape index (κ3) is 1.20. The summed E-state index contributed by atoms with van der Waals surface area (Å²) in [6.07, 6.45) is 6.83. The van der Waals surface area contributed by atoms with Gasteiger partial charge in [0, 0.05) is 11.3 Å². The summed E-state index contributed by atoms with van der Waals surface area (Å²) in [5.41, 5.74) is -0.0421. The van der Waals surface area contributed by atoms with Crippen LogP contribution < -0.4 is 0 Å². The fraction of sp³-hybridized carbons (Fsp3) is 0.857. The predicted molar refractivity (Wildman–Crippen MR) is 63.0 cm³/mol. The second kappa shape index (κ2) is 3.33. The molecule has 1 saturated heterocycles. The highest BCUT2D eigenvalue weighted by atomic mass is 16.5. The summed E-state index contributed by atoms with van der Waals surface area (Å²) < 4.78 is 6.05. The topological polar surface area (TPSA) is 29.5 Å². The van der Waals surface area contributed by atoms with E-state index in [9.17, 15) is 5.11 Å². The lowest BCUT2D eigenvalue weighted by atomic mass is 9.58. The Morgan fingerprint density at radius 1 is 1.38 bits per heavy atom. The average Bonchev–Trinajstić information content (AvgIpc) is 2.67. The molecule has 90 valence electrons. The first-order chi connectivity index (χ1) is 7.54. The molecule has 4 bridgehead atoms. The van der Waals surface area contributed by atoms with E-state index in [0.717, 1.165) is 6.42 Å². The highest BCUT2D eigenvalue weighted by molar-refractivity contribution is 5.20. The van der Waals surface area contributed by atoms with Gasteiger partial charge in [0.15, 0.2) is 0 Å². The third-order valence-electron chi connectivity index (χ3n) is 5.22. The summed E-state index contributed by atoms with van der Waals surface area (Å²) in [6.45, 7) is 6.73. The SMILES string of the molecule is CC(C)[C@@H]1CC[C@]2(C)C(O)[C@@H]1[C@H]1C=C[C@@H]2O1. The lowest BCUT2D eigenvalue weighted by Crippen LogP contribution is -2.59. The van der Waals surface area contributed by atoms with Crippen molar-refractivity contribution in [2.24, 2.45) is 23.2 Å². The van der Waals surface area contributed by atoms with Gasteiger partial charge in [-0.15, -0.1) is 0 Å². The molecule has 2 aliphatic heterocycles. The van der Waals surface area contributed by atoms with Crippen molar-refractivity contribution in [3.05, 3.63) is 12.2 Å². The summed E-state index contributed by atoms with van der Waals surface area (Å²) in [5, 5.41) is 10.6. The standard InChI is InChI=1S/C14H22O2/c1-8(2)9-6-7-14(3)11-5-4-10(16-11)12(9)13(14)15/h4-5,8-13,15H,6-7H2,1-3H3/t9-,10+,11-,12-,13?,14-/m0/s1. The van der Waals surface area contributed by atoms with Crippen LogP contribution in [0.1, 0.15) is 33.6 Å². The fourth-order valence-corrected chi connectivity index (χ4v) is 4.07. The maximum Gasteiger partial charge on any atom is 0.0843 e. The number of aliphatic hydroxyl groups excluding tert-OH is 1. The van der Waals surface area contributed by atoms with E-state index in [4.69, 9.17) is 4.74 Å². The minimum Gasteiger partial charge on any atom is -0.392 e. The second-order valence-corrected chi connectivity index (χ2v) is 6.38. The fourth-order valence-electron chi connectivity index (χ4n) is 4.07. The zero-order valence-corrected chi connectivity index (χ0v) is 10.4. The van der Waals surface area contributed by atoms with E-state index in [0.29, 0.717) is 17.8 Å². The van der Waals surface area contributed by atoms with Gasteiger partial charge >= 0.3 is 0 Å². The normalized spacial score (nSPS) is 54.7. The molecule has 1 saturated carbocycles. The van der Waals surface area contributed by atoms with Crippen molar-refractivity contribution in [1.29, 1.82) is 0 Å². The van der Waals surface area contributed by atoms with Gasteiger partial charge in [-0.05, 0) is 24.7 Å². The number of rotatable bonds is 1. The van der Waals surface area contributed by atoms with Gasteiger partial charge in [0.25, 0.3) is 0 Å². The molecule has 2 heteroatoms. The van der Waals surface area contributed by atoms with Crippen molar-refractivity contribution in [3.8, 4) is 0 Å². The minimum atomic E-state index is -0.188. The van der Waals surface area contributed by atoms with E-state index >= 15 is 0 Å². The van der Waals surface area contributed by atoms with Crippen LogP contribution >= 0.6 is 0 Å². The molecule has 16 heavy (non-hydrogen) atoms. The lowest BCUT2D eigenvalue weighted by molar-refractivity contribution is -0.215. The molecule has 0 amide bonds. The molecule has 2 nitrogen and oxygen atoms in total. The van der Waals surface area contributed by atoms with E-state index < -0.39 is 0 Å². The van der Waals surface area contributed by atoms with Crippen LogP contribution in [0.4, 0.5) is 0 Å². The molecule has 3 aliphatic rings. The summed E-state index contributed by atoms with van der Waals surface area (Å²) in [4.78, 5) is 0. The van der Waals surface area contributed by atoms with Crippen LogP contribution in [0.15, 0.2) is 12.2 Å². The van der Waals surface area contributed by atoms with Gasteiger partial charge in [0.1, 0.15) is 0 Å².